The zero-order chi connectivity index (χ0) is 14.6. The Morgan fingerprint density at radius 1 is 1.20 bits per heavy atom. The molecular formula is C18H27BrO. The first kappa shape index (κ1) is 16.0. The highest BCUT2D eigenvalue weighted by molar-refractivity contribution is 9.09. The lowest BCUT2D eigenvalue weighted by molar-refractivity contribution is 0.0102. The molecule has 2 heteroatoms. The van der Waals surface area contributed by atoms with Gasteiger partial charge in [0.2, 0.25) is 0 Å². The van der Waals surface area contributed by atoms with E-state index in [4.69, 9.17) is 4.74 Å². The largest absolute Gasteiger partial charge is 0.378 e. The quantitative estimate of drug-likeness (QED) is 0.633. The minimum Gasteiger partial charge on any atom is -0.378 e. The first-order valence-corrected chi connectivity index (χ1v) is 8.74. The fraction of sp³-hybridized carbons (Fsp3) is 0.667. The van der Waals surface area contributed by atoms with Crippen molar-refractivity contribution in [3.05, 3.63) is 35.4 Å². The van der Waals surface area contributed by atoms with Crippen LogP contribution in [-0.2, 0) is 10.2 Å². The third kappa shape index (κ3) is 4.60. The molecule has 112 valence electrons. The van der Waals surface area contributed by atoms with Crippen molar-refractivity contribution in [3.63, 3.8) is 0 Å². The van der Waals surface area contributed by atoms with Crippen molar-refractivity contribution < 1.29 is 4.74 Å². The van der Waals surface area contributed by atoms with Crippen molar-refractivity contribution in [2.45, 2.75) is 69.2 Å². The van der Waals surface area contributed by atoms with E-state index in [9.17, 15) is 0 Å². The average molecular weight is 339 g/mol. The molecule has 0 spiro atoms. The molecule has 2 unspecified atom stereocenters. The van der Waals surface area contributed by atoms with Gasteiger partial charge in [-0.05, 0) is 48.6 Å². The molecule has 1 heterocycles. The fourth-order valence-corrected chi connectivity index (χ4v) is 3.30. The number of benzene rings is 1. The van der Waals surface area contributed by atoms with Crippen LogP contribution < -0.4 is 0 Å². The van der Waals surface area contributed by atoms with Crippen molar-refractivity contribution in [2.24, 2.45) is 0 Å². The number of hydrogen-bond acceptors (Lipinski definition) is 1. The highest BCUT2D eigenvalue weighted by Gasteiger charge is 2.17. The fourth-order valence-electron chi connectivity index (χ4n) is 2.73. The molecule has 2 rings (SSSR count). The van der Waals surface area contributed by atoms with Gasteiger partial charge in [-0.2, -0.15) is 0 Å². The summed E-state index contributed by atoms with van der Waals surface area (Å²) in [5.74, 6) is 0. The molecule has 0 N–H and O–H groups in total. The Morgan fingerprint density at radius 3 is 2.45 bits per heavy atom. The van der Waals surface area contributed by atoms with E-state index in [-0.39, 0.29) is 5.41 Å². The Labute approximate surface area is 132 Å². The molecule has 1 fully saturated rings. The van der Waals surface area contributed by atoms with Crippen LogP contribution in [0.2, 0.25) is 0 Å². The Balaban J connectivity index is 1.87. The van der Waals surface area contributed by atoms with Gasteiger partial charge in [0.05, 0.1) is 6.10 Å². The molecule has 20 heavy (non-hydrogen) atoms. The van der Waals surface area contributed by atoms with Gasteiger partial charge in [0.15, 0.2) is 0 Å². The molecule has 0 bridgehead atoms. The summed E-state index contributed by atoms with van der Waals surface area (Å²) in [7, 11) is 0. The Morgan fingerprint density at radius 2 is 1.90 bits per heavy atom. The number of rotatable bonds is 4. The standard InChI is InChI=1S/C18H27BrO/c1-18(2,3)15-9-7-14(8-10-15)17(19)12-11-16-6-4-5-13-20-16/h7-10,16-17H,4-6,11-13H2,1-3H3. The Kier molecular flexibility index (Phi) is 5.68. The van der Waals surface area contributed by atoms with Crippen LogP contribution in [0.3, 0.4) is 0 Å². The zero-order valence-corrected chi connectivity index (χ0v) is 14.6. The Bertz CT molecular complexity index is 398. The van der Waals surface area contributed by atoms with Crippen LogP contribution in [0, 0.1) is 0 Å². The van der Waals surface area contributed by atoms with Gasteiger partial charge in [-0.15, -0.1) is 0 Å². The molecule has 1 aromatic carbocycles. The van der Waals surface area contributed by atoms with Gasteiger partial charge >= 0.3 is 0 Å². The van der Waals surface area contributed by atoms with E-state index in [1.54, 1.807) is 0 Å². The average Bonchev–Trinajstić information content (AvgIpc) is 2.45. The SMILES string of the molecule is CC(C)(C)c1ccc(C(Br)CCC2CCCCO2)cc1. The molecule has 1 aliphatic rings. The summed E-state index contributed by atoms with van der Waals surface area (Å²) in [5.41, 5.74) is 3.02. The predicted molar refractivity (Wildman–Crippen MR) is 89.6 cm³/mol. The normalized spacial score (nSPS) is 21.7. The molecule has 0 aromatic heterocycles. The van der Waals surface area contributed by atoms with E-state index in [2.05, 4.69) is 61.0 Å². The molecule has 1 saturated heterocycles. The van der Waals surface area contributed by atoms with E-state index in [1.165, 1.54) is 30.4 Å². The number of ether oxygens (including phenoxy) is 1. The van der Waals surface area contributed by atoms with Crippen LogP contribution in [0.4, 0.5) is 0 Å². The third-order valence-corrected chi connectivity index (χ3v) is 5.14. The van der Waals surface area contributed by atoms with Gasteiger partial charge in [0.1, 0.15) is 0 Å². The van der Waals surface area contributed by atoms with Crippen molar-refractivity contribution in [2.75, 3.05) is 6.61 Å². The minimum atomic E-state index is 0.232. The van der Waals surface area contributed by atoms with Crippen molar-refractivity contribution in [1.29, 1.82) is 0 Å². The van der Waals surface area contributed by atoms with Crippen LogP contribution >= 0.6 is 15.9 Å². The Hall–Kier alpha value is -0.340. The smallest absolute Gasteiger partial charge is 0.0575 e. The zero-order valence-electron chi connectivity index (χ0n) is 13.0. The summed E-state index contributed by atoms with van der Waals surface area (Å²) in [6.45, 7) is 7.73. The van der Waals surface area contributed by atoms with Crippen LogP contribution in [0.1, 0.15) is 68.8 Å². The lowest BCUT2D eigenvalue weighted by atomic mass is 9.86. The summed E-state index contributed by atoms with van der Waals surface area (Å²) in [5, 5.41) is 0. The van der Waals surface area contributed by atoms with E-state index in [1.807, 2.05) is 0 Å². The number of alkyl halides is 1. The van der Waals surface area contributed by atoms with Gasteiger partial charge < -0.3 is 4.74 Å². The predicted octanol–water partition coefficient (Wildman–Crippen LogP) is 5.77. The third-order valence-electron chi connectivity index (χ3n) is 4.15. The van der Waals surface area contributed by atoms with Crippen LogP contribution in [0.25, 0.3) is 0 Å². The van der Waals surface area contributed by atoms with Gasteiger partial charge in [-0.3, -0.25) is 0 Å². The van der Waals surface area contributed by atoms with Gasteiger partial charge in [0, 0.05) is 11.4 Å². The van der Waals surface area contributed by atoms with Crippen molar-refractivity contribution in [3.8, 4) is 0 Å². The second kappa shape index (κ2) is 7.09. The second-order valence-corrected chi connectivity index (χ2v) is 8.01. The maximum absolute atomic E-state index is 5.81. The van der Waals surface area contributed by atoms with Crippen molar-refractivity contribution >= 4 is 15.9 Å². The molecule has 0 aliphatic carbocycles. The van der Waals surface area contributed by atoms with Crippen LogP contribution in [-0.4, -0.2) is 12.7 Å². The number of hydrogen-bond donors (Lipinski definition) is 0. The highest BCUT2D eigenvalue weighted by Crippen LogP contribution is 2.32. The molecule has 0 saturated carbocycles. The van der Waals surface area contributed by atoms with Crippen molar-refractivity contribution in [1.82, 2.24) is 0 Å². The van der Waals surface area contributed by atoms with Gasteiger partial charge in [-0.25, -0.2) is 0 Å². The lowest BCUT2D eigenvalue weighted by Gasteiger charge is -2.24. The molecule has 0 radical (unpaired) electrons. The maximum Gasteiger partial charge on any atom is 0.0575 e. The van der Waals surface area contributed by atoms with E-state index in [0.29, 0.717) is 10.9 Å². The maximum atomic E-state index is 5.81. The molecule has 1 nitrogen and oxygen atoms in total. The summed E-state index contributed by atoms with van der Waals surface area (Å²) in [6.07, 6.45) is 6.61. The minimum absolute atomic E-state index is 0.232. The molecule has 0 amide bonds. The molecular weight excluding hydrogens is 312 g/mol. The second-order valence-electron chi connectivity index (χ2n) is 6.91. The first-order valence-electron chi connectivity index (χ1n) is 7.83. The van der Waals surface area contributed by atoms with Crippen LogP contribution in [0.15, 0.2) is 24.3 Å². The van der Waals surface area contributed by atoms with Gasteiger partial charge in [-0.1, -0.05) is 61.0 Å². The van der Waals surface area contributed by atoms with E-state index < -0.39 is 0 Å². The monoisotopic (exact) mass is 338 g/mol. The summed E-state index contributed by atoms with van der Waals surface area (Å²) >= 11 is 3.83. The molecule has 1 aliphatic heterocycles. The first-order chi connectivity index (χ1) is 9.47. The molecule has 1 aromatic rings. The summed E-state index contributed by atoms with van der Waals surface area (Å²) in [6, 6.07) is 9.06. The van der Waals surface area contributed by atoms with E-state index >= 15 is 0 Å². The molecule has 2 atom stereocenters. The van der Waals surface area contributed by atoms with Gasteiger partial charge in [0.25, 0.3) is 0 Å². The highest BCUT2D eigenvalue weighted by atomic mass is 79.9. The summed E-state index contributed by atoms with van der Waals surface area (Å²) < 4.78 is 5.81. The lowest BCUT2D eigenvalue weighted by Crippen LogP contribution is -2.19. The summed E-state index contributed by atoms with van der Waals surface area (Å²) in [4.78, 5) is 0.446. The number of halogens is 1. The van der Waals surface area contributed by atoms with E-state index in [0.717, 1.165) is 19.4 Å². The van der Waals surface area contributed by atoms with Crippen LogP contribution in [0.5, 0.6) is 0 Å². The topological polar surface area (TPSA) is 9.23 Å².